The maximum Gasteiger partial charge on any atom is 0.307 e. The van der Waals surface area contributed by atoms with Crippen LogP contribution >= 0.6 is 0 Å². The van der Waals surface area contributed by atoms with E-state index in [0.29, 0.717) is 32.0 Å². The van der Waals surface area contributed by atoms with Crippen LogP contribution in [0.1, 0.15) is 41.0 Å². The zero-order valence-corrected chi connectivity index (χ0v) is 13.3. The molecule has 2 atom stereocenters. The number of rotatable bonds is 4. The molecule has 1 amide bonds. The normalized spacial score (nSPS) is 23.7. The summed E-state index contributed by atoms with van der Waals surface area (Å²) in [4.78, 5) is 25.7. The van der Waals surface area contributed by atoms with Crippen molar-refractivity contribution in [2.24, 2.45) is 17.3 Å². The van der Waals surface area contributed by atoms with E-state index in [1.54, 1.807) is 0 Å². The first kappa shape index (κ1) is 17.0. The van der Waals surface area contributed by atoms with E-state index in [2.05, 4.69) is 19.2 Å². The average Bonchev–Trinajstić information content (AvgIpc) is 2.34. The zero-order valence-electron chi connectivity index (χ0n) is 13.3. The Labute approximate surface area is 121 Å². The molecule has 2 N–H and O–H groups in total. The maximum atomic E-state index is 12.6. The van der Waals surface area contributed by atoms with Gasteiger partial charge < -0.3 is 15.3 Å². The van der Waals surface area contributed by atoms with E-state index in [4.69, 9.17) is 0 Å². The predicted molar refractivity (Wildman–Crippen MR) is 78.4 cm³/mol. The summed E-state index contributed by atoms with van der Waals surface area (Å²) >= 11 is 0. The van der Waals surface area contributed by atoms with Gasteiger partial charge in [-0.15, -0.1) is 0 Å². The number of carboxylic acid groups (broad SMARTS) is 1. The molecular formula is C15H28N2O3. The minimum atomic E-state index is -0.782. The number of carboxylic acids is 1. The van der Waals surface area contributed by atoms with Gasteiger partial charge in [-0.25, -0.2) is 0 Å². The lowest BCUT2D eigenvalue weighted by Crippen LogP contribution is -2.55. The van der Waals surface area contributed by atoms with Gasteiger partial charge in [0.2, 0.25) is 5.91 Å². The van der Waals surface area contributed by atoms with Crippen LogP contribution in [0.15, 0.2) is 0 Å². The van der Waals surface area contributed by atoms with E-state index in [1.165, 1.54) is 0 Å². The summed E-state index contributed by atoms with van der Waals surface area (Å²) < 4.78 is 0. The number of nitrogens with one attached hydrogen (secondary N) is 1. The van der Waals surface area contributed by atoms with Crippen molar-refractivity contribution in [3.63, 3.8) is 0 Å². The third-order valence-electron chi connectivity index (χ3n) is 3.58. The summed E-state index contributed by atoms with van der Waals surface area (Å²) in [5.74, 6) is -0.721. The van der Waals surface area contributed by atoms with Crippen LogP contribution in [0, 0.1) is 17.3 Å². The highest BCUT2D eigenvalue weighted by molar-refractivity contribution is 5.82. The molecular weight excluding hydrogens is 256 g/mol. The van der Waals surface area contributed by atoms with Crippen LogP contribution in [0.25, 0.3) is 0 Å². The lowest BCUT2D eigenvalue weighted by atomic mass is 9.89. The Morgan fingerprint density at radius 3 is 2.35 bits per heavy atom. The van der Waals surface area contributed by atoms with Crippen molar-refractivity contribution in [2.75, 3.05) is 19.6 Å². The fourth-order valence-electron chi connectivity index (χ4n) is 2.57. The van der Waals surface area contributed by atoms with Crippen LogP contribution in [0.2, 0.25) is 0 Å². The Kier molecular flexibility index (Phi) is 5.57. The SMILES string of the molecule is CC(C)CN(C(=O)C(C)(C)C)[C@@H]1CNC[C@H](C(=O)O)C1. The second-order valence-corrected chi connectivity index (χ2v) is 7.18. The van der Waals surface area contributed by atoms with Gasteiger partial charge in [-0.05, 0) is 12.3 Å². The smallest absolute Gasteiger partial charge is 0.307 e. The third-order valence-corrected chi connectivity index (χ3v) is 3.58. The molecule has 0 spiro atoms. The van der Waals surface area contributed by atoms with Gasteiger partial charge in [-0.1, -0.05) is 34.6 Å². The molecule has 1 aliphatic rings. The van der Waals surface area contributed by atoms with Gasteiger partial charge in [0.25, 0.3) is 0 Å². The maximum absolute atomic E-state index is 12.6. The number of amides is 1. The van der Waals surface area contributed by atoms with Gasteiger partial charge in [-0.3, -0.25) is 9.59 Å². The second-order valence-electron chi connectivity index (χ2n) is 7.18. The van der Waals surface area contributed by atoms with Crippen LogP contribution in [0.4, 0.5) is 0 Å². The van der Waals surface area contributed by atoms with Crippen molar-refractivity contribution < 1.29 is 14.7 Å². The summed E-state index contributed by atoms with van der Waals surface area (Å²) in [6.07, 6.45) is 0.539. The lowest BCUT2D eigenvalue weighted by molar-refractivity contribution is -0.148. The summed E-state index contributed by atoms with van der Waals surface area (Å²) in [6, 6.07) is -0.0287. The van der Waals surface area contributed by atoms with E-state index in [9.17, 15) is 14.7 Å². The van der Waals surface area contributed by atoms with Crippen molar-refractivity contribution >= 4 is 11.9 Å². The van der Waals surface area contributed by atoms with Gasteiger partial charge in [0, 0.05) is 31.1 Å². The standard InChI is InChI=1S/C15H28N2O3/c1-10(2)9-17(14(20)15(3,4)5)12-6-11(13(18)19)7-16-8-12/h10-12,16H,6-9H2,1-5H3,(H,18,19)/t11-,12+/m1/s1. The van der Waals surface area contributed by atoms with Crippen molar-refractivity contribution in [2.45, 2.75) is 47.1 Å². The van der Waals surface area contributed by atoms with Crippen LogP contribution in [0.5, 0.6) is 0 Å². The first-order chi connectivity index (χ1) is 9.12. The van der Waals surface area contributed by atoms with Gasteiger partial charge in [0.15, 0.2) is 0 Å². The van der Waals surface area contributed by atoms with E-state index < -0.39 is 17.3 Å². The van der Waals surface area contributed by atoms with Crippen LogP contribution < -0.4 is 5.32 Å². The first-order valence-electron chi connectivity index (χ1n) is 7.37. The Morgan fingerprint density at radius 1 is 1.30 bits per heavy atom. The first-order valence-corrected chi connectivity index (χ1v) is 7.37. The van der Waals surface area contributed by atoms with E-state index in [-0.39, 0.29) is 11.9 Å². The molecule has 1 saturated heterocycles. The van der Waals surface area contributed by atoms with Gasteiger partial charge in [0.05, 0.1) is 5.92 Å². The largest absolute Gasteiger partial charge is 0.481 e. The minimum absolute atomic E-state index is 0.0287. The molecule has 5 nitrogen and oxygen atoms in total. The fourth-order valence-corrected chi connectivity index (χ4v) is 2.57. The summed E-state index contributed by atoms with van der Waals surface area (Å²) in [7, 11) is 0. The molecule has 0 aromatic carbocycles. The molecule has 0 bridgehead atoms. The van der Waals surface area contributed by atoms with Gasteiger partial charge in [0.1, 0.15) is 0 Å². The van der Waals surface area contributed by atoms with Crippen LogP contribution in [-0.4, -0.2) is 47.6 Å². The summed E-state index contributed by atoms with van der Waals surface area (Å²) in [6.45, 7) is 11.7. The second kappa shape index (κ2) is 6.57. The molecule has 116 valence electrons. The van der Waals surface area contributed by atoms with E-state index in [0.717, 1.165) is 0 Å². The van der Waals surface area contributed by atoms with Crippen molar-refractivity contribution in [1.29, 1.82) is 0 Å². The molecule has 1 heterocycles. The molecule has 0 saturated carbocycles. The zero-order chi connectivity index (χ0) is 15.5. The van der Waals surface area contributed by atoms with E-state index in [1.807, 2.05) is 25.7 Å². The van der Waals surface area contributed by atoms with Gasteiger partial charge in [-0.2, -0.15) is 0 Å². The average molecular weight is 284 g/mol. The Morgan fingerprint density at radius 2 is 1.90 bits per heavy atom. The molecule has 0 aromatic heterocycles. The number of hydrogen-bond donors (Lipinski definition) is 2. The molecule has 0 unspecified atom stereocenters. The van der Waals surface area contributed by atoms with E-state index >= 15 is 0 Å². The highest BCUT2D eigenvalue weighted by atomic mass is 16.4. The van der Waals surface area contributed by atoms with Crippen molar-refractivity contribution in [1.82, 2.24) is 10.2 Å². The van der Waals surface area contributed by atoms with Crippen LogP contribution in [-0.2, 0) is 9.59 Å². The van der Waals surface area contributed by atoms with Gasteiger partial charge >= 0.3 is 5.97 Å². The molecule has 1 fully saturated rings. The number of carbonyl (C=O) groups is 2. The molecule has 5 heteroatoms. The molecule has 0 aromatic rings. The predicted octanol–water partition coefficient (Wildman–Crippen LogP) is 1.58. The monoisotopic (exact) mass is 284 g/mol. The molecule has 1 rings (SSSR count). The number of piperidine rings is 1. The highest BCUT2D eigenvalue weighted by Gasteiger charge is 2.36. The lowest BCUT2D eigenvalue weighted by Gasteiger charge is -2.40. The molecule has 20 heavy (non-hydrogen) atoms. The minimum Gasteiger partial charge on any atom is -0.481 e. The Bertz CT molecular complexity index is 361. The molecule has 1 aliphatic heterocycles. The fraction of sp³-hybridized carbons (Fsp3) is 0.867. The number of carbonyl (C=O) groups excluding carboxylic acids is 1. The number of hydrogen-bond acceptors (Lipinski definition) is 3. The molecule has 0 aliphatic carbocycles. The topological polar surface area (TPSA) is 69.6 Å². The summed E-state index contributed by atoms with van der Waals surface area (Å²) in [5.41, 5.74) is -0.439. The third kappa shape index (κ3) is 4.47. The highest BCUT2D eigenvalue weighted by Crippen LogP contribution is 2.24. The Hall–Kier alpha value is -1.10. The van der Waals surface area contributed by atoms with Crippen molar-refractivity contribution in [3.8, 4) is 0 Å². The summed E-state index contributed by atoms with van der Waals surface area (Å²) in [5, 5.41) is 12.3. The quantitative estimate of drug-likeness (QED) is 0.822. The number of nitrogens with zero attached hydrogens (tertiary/aromatic N) is 1. The number of aliphatic carboxylic acids is 1. The van der Waals surface area contributed by atoms with Crippen molar-refractivity contribution in [3.05, 3.63) is 0 Å². The molecule has 0 radical (unpaired) electrons. The van der Waals surface area contributed by atoms with Crippen LogP contribution in [0.3, 0.4) is 0 Å². The Balaban J connectivity index is 2.87.